The third-order valence-electron chi connectivity index (χ3n) is 2.10. The van der Waals surface area contributed by atoms with E-state index < -0.39 is 5.41 Å². The SMILES string of the molecule is CCNC(=O)C(C)(C)CN=C(N)NC(C)(C)C. The van der Waals surface area contributed by atoms with Crippen LogP contribution < -0.4 is 16.4 Å². The number of hydrogen-bond donors (Lipinski definition) is 3. The van der Waals surface area contributed by atoms with Crippen molar-refractivity contribution >= 4 is 11.9 Å². The molecule has 0 atom stereocenters. The second-order valence-corrected chi connectivity index (χ2v) is 5.82. The van der Waals surface area contributed by atoms with E-state index in [1.807, 2.05) is 41.5 Å². The minimum absolute atomic E-state index is 0.00712. The molecule has 5 nitrogen and oxygen atoms in total. The van der Waals surface area contributed by atoms with Crippen LogP contribution in [0.15, 0.2) is 4.99 Å². The number of guanidine groups is 1. The predicted octanol–water partition coefficient (Wildman–Crippen LogP) is 0.852. The summed E-state index contributed by atoms with van der Waals surface area (Å²) < 4.78 is 0. The number of amides is 1. The van der Waals surface area contributed by atoms with Crippen molar-refractivity contribution in [3.05, 3.63) is 0 Å². The van der Waals surface area contributed by atoms with Crippen molar-refractivity contribution in [3.63, 3.8) is 0 Å². The van der Waals surface area contributed by atoms with E-state index in [0.29, 0.717) is 19.0 Å². The quantitative estimate of drug-likeness (QED) is 0.505. The Balaban J connectivity index is 4.43. The third-order valence-corrected chi connectivity index (χ3v) is 2.10. The van der Waals surface area contributed by atoms with Gasteiger partial charge < -0.3 is 16.4 Å². The summed E-state index contributed by atoms with van der Waals surface area (Å²) in [5.41, 5.74) is 5.09. The zero-order valence-electron chi connectivity index (χ0n) is 11.8. The Bertz CT molecular complexity index is 289. The highest BCUT2D eigenvalue weighted by molar-refractivity contribution is 5.83. The molecule has 1 amide bonds. The number of nitrogens with two attached hydrogens (primary N) is 1. The fourth-order valence-corrected chi connectivity index (χ4v) is 1.18. The molecule has 0 heterocycles. The van der Waals surface area contributed by atoms with Crippen LogP contribution in [0.4, 0.5) is 0 Å². The molecule has 0 unspecified atom stereocenters. The van der Waals surface area contributed by atoms with Crippen molar-refractivity contribution in [2.75, 3.05) is 13.1 Å². The van der Waals surface area contributed by atoms with Crippen molar-refractivity contribution < 1.29 is 4.79 Å². The van der Waals surface area contributed by atoms with Crippen LogP contribution in [-0.2, 0) is 4.79 Å². The van der Waals surface area contributed by atoms with Crippen molar-refractivity contribution in [1.29, 1.82) is 0 Å². The van der Waals surface area contributed by atoms with Gasteiger partial charge in [0.1, 0.15) is 0 Å². The minimum Gasteiger partial charge on any atom is -0.370 e. The summed E-state index contributed by atoms with van der Waals surface area (Å²) in [6, 6.07) is 0. The van der Waals surface area contributed by atoms with Crippen molar-refractivity contribution in [2.24, 2.45) is 16.1 Å². The van der Waals surface area contributed by atoms with Crippen LogP contribution in [0.25, 0.3) is 0 Å². The van der Waals surface area contributed by atoms with Gasteiger partial charge in [-0.2, -0.15) is 0 Å². The Labute approximate surface area is 104 Å². The fourth-order valence-electron chi connectivity index (χ4n) is 1.18. The lowest BCUT2D eigenvalue weighted by Gasteiger charge is -2.24. The number of carbonyl (C=O) groups is 1. The Morgan fingerprint density at radius 1 is 1.24 bits per heavy atom. The molecular weight excluding hydrogens is 216 g/mol. The van der Waals surface area contributed by atoms with Gasteiger partial charge in [0, 0.05) is 12.1 Å². The normalized spacial score (nSPS) is 13.4. The van der Waals surface area contributed by atoms with Crippen molar-refractivity contribution in [2.45, 2.75) is 47.1 Å². The summed E-state index contributed by atoms with van der Waals surface area (Å²) >= 11 is 0. The van der Waals surface area contributed by atoms with Gasteiger partial charge >= 0.3 is 0 Å². The predicted molar refractivity (Wildman–Crippen MR) is 71.8 cm³/mol. The topological polar surface area (TPSA) is 79.5 Å². The second-order valence-electron chi connectivity index (χ2n) is 5.82. The first-order valence-electron chi connectivity index (χ1n) is 5.95. The Hall–Kier alpha value is -1.26. The monoisotopic (exact) mass is 242 g/mol. The molecule has 0 aromatic carbocycles. The summed E-state index contributed by atoms with van der Waals surface area (Å²) in [6.45, 7) is 12.6. The molecule has 5 heteroatoms. The smallest absolute Gasteiger partial charge is 0.227 e. The number of rotatable bonds is 4. The molecule has 0 bridgehead atoms. The van der Waals surface area contributed by atoms with Crippen LogP contribution in [0.5, 0.6) is 0 Å². The van der Waals surface area contributed by atoms with Gasteiger partial charge in [-0.25, -0.2) is 0 Å². The summed E-state index contributed by atoms with van der Waals surface area (Å²) in [6.07, 6.45) is 0. The molecule has 0 aromatic heterocycles. The Morgan fingerprint density at radius 2 is 1.76 bits per heavy atom. The highest BCUT2D eigenvalue weighted by Gasteiger charge is 2.26. The maximum Gasteiger partial charge on any atom is 0.227 e. The lowest BCUT2D eigenvalue weighted by atomic mass is 9.92. The Kier molecular flexibility index (Phi) is 5.45. The molecular formula is C12H26N4O. The molecule has 0 spiro atoms. The lowest BCUT2D eigenvalue weighted by Crippen LogP contribution is -2.46. The molecule has 0 saturated carbocycles. The molecule has 0 radical (unpaired) electrons. The first-order valence-corrected chi connectivity index (χ1v) is 5.95. The maximum absolute atomic E-state index is 11.7. The minimum atomic E-state index is -0.541. The summed E-state index contributed by atoms with van der Waals surface area (Å²) in [5.74, 6) is 0.363. The van der Waals surface area contributed by atoms with E-state index in [4.69, 9.17) is 5.73 Å². The average Bonchev–Trinajstić information content (AvgIpc) is 2.12. The third kappa shape index (κ3) is 6.81. The molecule has 4 N–H and O–H groups in total. The molecule has 0 aliphatic carbocycles. The molecule has 0 aromatic rings. The van der Waals surface area contributed by atoms with Gasteiger partial charge in [-0.3, -0.25) is 9.79 Å². The van der Waals surface area contributed by atoms with E-state index in [0.717, 1.165) is 0 Å². The zero-order valence-corrected chi connectivity index (χ0v) is 11.8. The number of hydrogen-bond acceptors (Lipinski definition) is 2. The van der Waals surface area contributed by atoms with Crippen LogP contribution in [0.2, 0.25) is 0 Å². The van der Waals surface area contributed by atoms with E-state index in [1.54, 1.807) is 0 Å². The van der Waals surface area contributed by atoms with Gasteiger partial charge in [0.15, 0.2) is 5.96 Å². The molecule has 0 aliphatic heterocycles. The number of aliphatic imine (C=N–C) groups is 1. The van der Waals surface area contributed by atoms with Crippen LogP contribution in [0.3, 0.4) is 0 Å². The van der Waals surface area contributed by atoms with E-state index in [9.17, 15) is 4.79 Å². The summed E-state index contributed by atoms with van der Waals surface area (Å²) in [5, 5.41) is 5.85. The maximum atomic E-state index is 11.7. The lowest BCUT2D eigenvalue weighted by molar-refractivity contribution is -0.128. The first-order chi connectivity index (χ1) is 7.58. The van der Waals surface area contributed by atoms with Crippen LogP contribution >= 0.6 is 0 Å². The van der Waals surface area contributed by atoms with Crippen LogP contribution in [0.1, 0.15) is 41.5 Å². The van der Waals surface area contributed by atoms with Crippen molar-refractivity contribution in [3.8, 4) is 0 Å². The van der Waals surface area contributed by atoms with Gasteiger partial charge in [-0.1, -0.05) is 0 Å². The van der Waals surface area contributed by atoms with Gasteiger partial charge in [0.25, 0.3) is 0 Å². The number of carbonyl (C=O) groups excluding carboxylic acids is 1. The largest absolute Gasteiger partial charge is 0.370 e. The summed E-state index contributed by atoms with van der Waals surface area (Å²) in [7, 11) is 0. The number of nitrogens with zero attached hydrogens (tertiary/aromatic N) is 1. The van der Waals surface area contributed by atoms with Gasteiger partial charge in [-0.05, 0) is 41.5 Å². The van der Waals surface area contributed by atoms with Crippen LogP contribution in [-0.4, -0.2) is 30.5 Å². The van der Waals surface area contributed by atoms with Crippen LogP contribution in [0, 0.1) is 5.41 Å². The molecule has 0 saturated heterocycles. The fraction of sp³-hybridized carbons (Fsp3) is 0.833. The molecule has 17 heavy (non-hydrogen) atoms. The highest BCUT2D eigenvalue weighted by atomic mass is 16.2. The van der Waals surface area contributed by atoms with E-state index in [1.165, 1.54) is 0 Å². The first kappa shape index (κ1) is 15.7. The van der Waals surface area contributed by atoms with Crippen molar-refractivity contribution in [1.82, 2.24) is 10.6 Å². The standard InChI is InChI=1S/C12H26N4O/c1-7-14-9(17)12(5,6)8-15-10(13)16-11(2,3)4/h7-8H2,1-6H3,(H,14,17)(H3,13,15,16). The second kappa shape index (κ2) is 5.89. The van der Waals surface area contributed by atoms with Gasteiger partial charge in [-0.15, -0.1) is 0 Å². The molecule has 0 rings (SSSR count). The highest BCUT2D eigenvalue weighted by Crippen LogP contribution is 2.15. The van der Waals surface area contributed by atoms with Gasteiger partial charge in [0.05, 0.1) is 12.0 Å². The number of nitrogens with one attached hydrogen (secondary N) is 2. The van der Waals surface area contributed by atoms with E-state index in [2.05, 4.69) is 15.6 Å². The van der Waals surface area contributed by atoms with Gasteiger partial charge in [0.2, 0.25) is 5.91 Å². The average molecular weight is 242 g/mol. The van der Waals surface area contributed by atoms with E-state index >= 15 is 0 Å². The molecule has 0 fully saturated rings. The van der Waals surface area contributed by atoms with E-state index in [-0.39, 0.29) is 11.4 Å². The zero-order chi connectivity index (χ0) is 13.7. The molecule has 100 valence electrons. The molecule has 0 aliphatic rings. The summed E-state index contributed by atoms with van der Waals surface area (Å²) in [4.78, 5) is 15.9. The Morgan fingerprint density at radius 3 is 2.18 bits per heavy atom.